The number of aryl methyl sites for hydroxylation is 3. The molecule has 1 aliphatic rings. The molecule has 2 aromatic rings. The highest BCUT2D eigenvalue weighted by Gasteiger charge is 2.24. The Morgan fingerprint density at radius 1 is 1.30 bits per heavy atom. The van der Waals surface area contributed by atoms with Gasteiger partial charge in [0, 0.05) is 31.4 Å². The molecule has 0 atom stereocenters. The lowest BCUT2D eigenvalue weighted by Crippen LogP contribution is -2.37. The van der Waals surface area contributed by atoms with Crippen molar-refractivity contribution >= 4 is 17.2 Å². The molecule has 122 valence electrons. The molecule has 0 unspecified atom stereocenters. The van der Waals surface area contributed by atoms with E-state index in [-0.39, 0.29) is 5.91 Å². The Labute approximate surface area is 141 Å². The van der Waals surface area contributed by atoms with Crippen LogP contribution in [0, 0.1) is 12.8 Å². The predicted octanol–water partition coefficient (Wildman–Crippen LogP) is 3.50. The van der Waals surface area contributed by atoms with Gasteiger partial charge in [0.25, 0.3) is 5.91 Å². The van der Waals surface area contributed by atoms with Crippen LogP contribution in [-0.2, 0) is 12.8 Å². The molecule has 0 bridgehead atoms. The van der Waals surface area contributed by atoms with E-state index >= 15 is 0 Å². The minimum atomic E-state index is 0.163. The molecule has 0 spiro atoms. The van der Waals surface area contributed by atoms with Gasteiger partial charge in [0.05, 0.1) is 10.7 Å². The second-order valence-corrected chi connectivity index (χ2v) is 7.40. The molecule has 1 amide bonds. The van der Waals surface area contributed by atoms with Crippen molar-refractivity contribution in [1.29, 1.82) is 0 Å². The van der Waals surface area contributed by atoms with Crippen LogP contribution in [0.2, 0.25) is 0 Å². The van der Waals surface area contributed by atoms with Crippen molar-refractivity contribution < 1.29 is 4.79 Å². The highest BCUT2D eigenvalue weighted by Crippen LogP contribution is 2.24. The molecule has 3 heterocycles. The molecule has 1 aliphatic heterocycles. The average Bonchev–Trinajstić information content (AvgIpc) is 2.95. The van der Waals surface area contributed by atoms with Crippen molar-refractivity contribution in [3.8, 4) is 0 Å². The number of pyridine rings is 1. The molecule has 0 saturated carbocycles. The number of likely N-dealkylation sites (tertiary alicyclic amines) is 1. The summed E-state index contributed by atoms with van der Waals surface area (Å²) in [5.74, 6) is 0.895. The van der Waals surface area contributed by atoms with Crippen molar-refractivity contribution in [1.82, 2.24) is 14.9 Å². The number of thiazole rings is 1. The Hall–Kier alpha value is -1.75. The van der Waals surface area contributed by atoms with Crippen LogP contribution < -0.4 is 0 Å². The molecule has 0 radical (unpaired) electrons. The molecule has 0 N–H and O–H groups in total. The zero-order chi connectivity index (χ0) is 16.2. The molecule has 1 saturated heterocycles. The monoisotopic (exact) mass is 329 g/mol. The molecule has 3 rings (SSSR count). The summed E-state index contributed by atoms with van der Waals surface area (Å²) >= 11 is 1.55. The number of carbonyl (C=O) groups excluding carboxylic acids is 1. The number of aromatic nitrogens is 2. The minimum absolute atomic E-state index is 0.163. The largest absolute Gasteiger partial charge is 0.338 e. The van der Waals surface area contributed by atoms with Crippen molar-refractivity contribution in [3.05, 3.63) is 45.7 Å². The second kappa shape index (κ2) is 7.21. The fraction of sp³-hybridized carbons (Fsp3) is 0.500. The molecule has 5 heteroatoms. The van der Waals surface area contributed by atoms with Crippen LogP contribution in [0.3, 0.4) is 0 Å². The first-order chi connectivity index (χ1) is 11.1. The Kier molecular flexibility index (Phi) is 5.06. The predicted molar refractivity (Wildman–Crippen MR) is 92.8 cm³/mol. The maximum Gasteiger partial charge on any atom is 0.265 e. The van der Waals surface area contributed by atoms with Gasteiger partial charge in [-0.15, -0.1) is 11.3 Å². The number of carbonyl (C=O) groups is 1. The lowest BCUT2D eigenvalue weighted by atomic mass is 9.99. The van der Waals surface area contributed by atoms with Gasteiger partial charge in [0.2, 0.25) is 0 Å². The highest BCUT2D eigenvalue weighted by atomic mass is 32.1. The first kappa shape index (κ1) is 16.1. The number of hydrogen-bond donors (Lipinski definition) is 0. The summed E-state index contributed by atoms with van der Waals surface area (Å²) in [6.45, 7) is 5.96. The highest BCUT2D eigenvalue weighted by molar-refractivity contribution is 7.13. The van der Waals surface area contributed by atoms with Crippen LogP contribution >= 0.6 is 11.3 Å². The molecule has 2 aromatic heterocycles. The molecule has 0 aromatic carbocycles. The fourth-order valence-electron chi connectivity index (χ4n) is 2.89. The standard InChI is InChI=1S/C18H23N3OS/c1-13-8-11-21(12-9-13)18(22)17-14(2)20-16(23-17)7-6-15-5-3-4-10-19-15/h3-5,10,13H,6-9,11-12H2,1-2H3. The van der Waals surface area contributed by atoms with Crippen LogP contribution in [-0.4, -0.2) is 33.9 Å². The van der Waals surface area contributed by atoms with Crippen molar-refractivity contribution in [3.63, 3.8) is 0 Å². The summed E-state index contributed by atoms with van der Waals surface area (Å²) < 4.78 is 0. The van der Waals surface area contributed by atoms with Gasteiger partial charge in [0.1, 0.15) is 4.88 Å². The van der Waals surface area contributed by atoms with E-state index in [1.807, 2.05) is 36.2 Å². The Bertz CT molecular complexity index is 660. The van der Waals surface area contributed by atoms with Crippen molar-refractivity contribution in [2.45, 2.75) is 39.5 Å². The summed E-state index contributed by atoms with van der Waals surface area (Å²) in [5.41, 5.74) is 1.94. The molecule has 23 heavy (non-hydrogen) atoms. The van der Waals surface area contributed by atoms with Crippen LogP contribution in [0.25, 0.3) is 0 Å². The SMILES string of the molecule is Cc1nc(CCc2ccccn2)sc1C(=O)N1CCC(C)CC1. The van der Waals surface area contributed by atoms with E-state index in [1.165, 1.54) is 0 Å². The fourth-order valence-corrected chi connectivity index (χ4v) is 3.93. The van der Waals surface area contributed by atoms with Crippen LogP contribution in [0.15, 0.2) is 24.4 Å². The Morgan fingerprint density at radius 2 is 2.09 bits per heavy atom. The maximum absolute atomic E-state index is 12.7. The van der Waals surface area contributed by atoms with E-state index in [0.717, 1.165) is 66.0 Å². The van der Waals surface area contributed by atoms with Gasteiger partial charge in [-0.25, -0.2) is 4.98 Å². The van der Waals surface area contributed by atoms with E-state index in [1.54, 1.807) is 11.3 Å². The van der Waals surface area contributed by atoms with Crippen LogP contribution in [0.1, 0.15) is 45.8 Å². The molecule has 4 nitrogen and oxygen atoms in total. The summed E-state index contributed by atoms with van der Waals surface area (Å²) in [6, 6.07) is 5.95. The number of nitrogens with zero attached hydrogens (tertiary/aromatic N) is 3. The van der Waals surface area contributed by atoms with E-state index in [2.05, 4.69) is 16.9 Å². The van der Waals surface area contributed by atoms with E-state index in [0.29, 0.717) is 0 Å². The van der Waals surface area contributed by atoms with Crippen LogP contribution in [0.5, 0.6) is 0 Å². The van der Waals surface area contributed by atoms with E-state index < -0.39 is 0 Å². The maximum atomic E-state index is 12.7. The minimum Gasteiger partial charge on any atom is -0.338 e. The van der Waals surface area contributed by atoms with Gasteiger partial charge >= 0.3 is 0 Å². The van der Waals surface area contributed by atoms with Gasteiger partial charge in [-0.3, -0.25) is 9.78 Å². The van der Waals surface area contributed by atoms with Gasteiger partial charge in [-0.2, -0.15) is 0 Å². The number of amides is 1. The third kappa shape index (κ3) is 3.96. The van der Waals surface area contributed by atoms with Crippen molar-refractivity contribution in [2.75, 3.05) is 13.1 Å². The Morgan fingerprint density at radius 3 is 2.78 bits per heavy atom. The average molecular weight is 329 g/mol. The first-order valence-corrected chi connectivity index (χ1v) is 9.10. The third-order valence-corrected chi connectivity index (χ3v) is 5.63. The van der Waals surface area contributed by atoms with E-state index in [4.69, 9.17) is 0 Å². The second-order valence-electron chi connectivity index (χ2n) is 6.32. The Balaban J connectivity index is 1.64. The molecule has 1 fully saturated rings. The molecular formula is C18H23N3OS. The lowest BCUT2D eigenvalue weighted by molar-refractivity contribution is 0.0701. The van der Waals surface area contributed by atoms with Gasteiger partial charge < -0.3 is 4.90 Å². The third-order valence-electron chi connectivity index (χ3n) is 4.43. The van der Waals surface area contributed by atoms with E-state index in [9.17, 15) is 4.79 Å². The van der Waals surface area contributed by atoms with Gasteiger partial charge in [-0.1, -0.05) is 13.0 Å². The number of hydrogen-bond acceptors (Lipinski definition) is 4. The zero-order valence-corrected chi connectivity index (χ0v) is 14.6. The summed E-state index contributed by atoms with van der Waals surface area (Å²) in [6.07, 6.45) is 5.73. The van der Waals surface area contributed by atoms with Crippen molar-refractivity contribution in [2.24, 2.45) is 5.92 Å². The van der Waals surface area contributed by atoms with Crippen LogP contribution in [0.4, 0.5) is 0 Å². The summed E-state index contributed by atoms with van der Waals surface area (Å²) in [5, 5.41) is 1.03. The molecule has 0 aliphatic carbocycles. The first-order valence-electron chi connectivity index (χ1n) is 8.29. The quantitative estimate of drug-likeness (QED) is 0.862. The van der Waals surface area contributed by atoms with Gasteiger partial charge in [-0.05, 0) is 44.2 Å². The topological polar surface area (TPSA) is 46.1 Å². The molecular weight excluding hydrogens is 306 g/mol. The lowest BCUT2D eigenvalue weighted by Gasteiger charge is -2.30. The summed E-state index contributed by atoms with van der Waals surface area (Å²) in [4.78, 5) is 24.4. The smallest absolute Gasteiger partial charge is 0.265 e. The van der Waals surface area contributed by atoms with Gasteiger partial charge in [0.15, 0.2) is 0 Å². The summed E-state index contributed by atoms with van der Waals surface area (Å²) in [7, 11) is 0. The number of piperidine rings is 1. The normalized spacial score (nSPS) is 15.8. The number of rotatable bonds is 4. The zero-order valence-electron chi connectivity index (χ0n) is 13.8.